The summed E-state index contributed by atoms with van der Waals surface area (Å²) < 4.78 is 27.1. The molecule has 126 valence electrons. The van der Waals surface area contributed by atoms with Gasteiger partial charge in [0.15, 0.2) is 0 Å². The van der Waals surface area contributed by atoms with Crippen molar-refractivity contribution in [2.75, 3.05) is 41.8 Å². The zero-order chi connectivity index (χ0) is 16.6. The first-order valence-corrected chi connectivity index (χ1v) is 11.1. The van der Waals surface area contributed by atoms with Crippen molar-refractivity contribution in [2.45, 2.75) is 12.1 Å². The maximum absolute atomic E-state index is 9.51. The average molecular weight is 347 g/mol. The molecule has 0 saturated carbocycles. The van der Waals surface area contributed by atoms with Gasteiger partial charge in [-0.1, -0.05) is 24.3 Å². The smallest absolute Gasteiger partial charge is 0.396 e. The van der Waals surface area contributed by atoms with E-state index in [2.05, 4.69) is 0 Å². The molecule has 1 aromatic carbocycles. The largest absolute Gasteiger partial charge is 0.504 e. The predicted molar refractivity (Wildman–Crippen MR) is 87.5 cm³/mol. The molecule has 0 bridgehead atoms. The zero-order valence-corrected chi connectivity index (χ0v) is 15.9. The van der Waals surface area contributed by atoms with E-state index in [9.17, 15) is 5.11 Å². The van der Waals surface area contributed by atoms with Crippen molar-refractivity contribution >= 4 is 17.4 Å². The second-order valence-corrected chi connectivity index (χ2v) is 11.2. The van der Waals surface area contributed by atoms with Gasteiger partial charge in [-0.25, -0.2) is 0 Å². The Morgan fingerprint density at radius 2 is 1.14 bits per heavy atom. The summed E-state index contributed by atoms with van der Waals surface area (Å²) in [4.78, 5) is 0. The van der Waals surface area contributed by atoms with Gasteiger partial charge in [0.25, 0.3) is 0 Å². The quantitative estimate of drug-likeness (QED) is 0.638. The molecule has 22 heavy (non-hydrogen) atoms. The fourth-order valence-corrected chi connectivity index (χ4v) is 5.57. The van der Waals surface area contributed by atoms with Crippen LogP contribution in [0.25, 0.3) is 0 Å². The van der Waals surface area contributed by atoms with Crippen molar-refractivity contribution in [2.24, 2.45) is 0 Å². The Morgan fingerprint density at radius 3 is 1.45 bits per heavy atom. The molecule has 8 heteroatoms. The van der Waals surface area contributed by atoms with Crippen molar-refractivity contribution in [3.05, 3.63) is 35.4 Å². The molecule has 0 aliphatic carbocycles. The topological polar surface area (TPSA) is 66.4 Å². The van der Waals surface area contributed by atoms with Gasteiger partial charge < -0.3 is 27.2 Å². The van der Waals surface area contributed by atoms with E-state index in [0.29, 0.717) is 12.1 Å². The van der Waals surface area contributed by atoms with Gasteiger partial charge in [-0.2, -0.15) is 0 Å². The monoisotopic (exact) mass is 346 g/mol. The lowest BCUT2D eigenvalue weighted by atomic mass is 10.2. The van der Waals surface area contributed by atoms with Crippen molar-refractivity contribution in [1.29, 1.82) is 0 Å². The lowest BCUT2D eigenvalue weighted by Gasteiger charge is -2.26. The Kier molecular flexibility index (Phi) is 7.87. The third-order valence-corrected chi connectivity index (χ3v) is 9.46. The molecule has 0 heterocycles. The normalized spacial score (nSPS) is 12.6. The first-order valence-electron chi connectivity index (χ1n) is 6.97. The molecule has 0 aliphatic rings. The Labute approximate surface area is 134 Å². The first-order chi connectivity index (χ1) is 10.5. The van der Waals surface area contributed by atoms with E-state index in [1.54, 1.807) is 35.5 Å². The molecule has 0 spiro atoms. The van der Waals surface area contributed by atoms with Crippen LogP contribution in [0.15, 0.2) is 24.3 Å². The van der Waals surface area contributed by atoms with Crippen LogP contribution < -0.4 is 0 Å². The van der Waals surface area contributed by atoms with E-state index in [1.165, 1.54) is 0 Å². The van der Waals surface area contributed by atoms with Crippen LogP contribution in [-0.4, -0.2) is 64.3 Å². The van der Waals surface area contributed by atoms with Gasteiger partial charge in [-0.3, -0.25) is 0 Å². The summed E-state index contributed by atoms with van der Waals surface area (Å²) in [6, 6.07) is 9.23. The van der Waals surface area contributed by atoms with Gasteiger partial charge in [-0.15, -0.1) is 0 Å². The molecule has 6 nitrogen and oxygen atoms in total. The SMILES string of the molecule is CO[Si](CO)(Cc1ccc(C[Si](OC)(OC)OC)cc1)OC. The number of rotatable bonds is 10. The third-order valence-electron chi connectivity index (χ3n) is 3.83. The van der Waals surface area contributed by atoms with E-state index in [4.69, 9.17) is 22.1 Å². The third kappa shape index (κ3) is 4.70. The Hall–Kier alpha value is -0.586. The first kappa shape index (κ1) is 19.5. The number of aliphatic hydroxyl groups excluding tert-OH is 1. The van der Waals surface area contributed by atoms with E-state index >= 15 is 0 Å². The van der Waals surface area contributed by atoms with Gasteiger partial charge in [0, 0.05) is 47.6 Å². The molecule has 0 unspecified atom stereocenters. The standard InChI is InChI=1S/C14H26O6Si2/c1-16-21(12-15,17-2)10-13-6-8-14(9-7-13)11-22(18-3,19-4)20-5/h6-9,15H,10-12H2,1-5H3. The van der Waals surface area contributed by atoms with Gasteiger partial charge in [0.2, 0.25) is 0 Å². The van der Waals surface area contributed by atoms with Crippen molar-refractivity contribution in [1.82, 2.24) is 0 Å². The van der Waals surface area contributed by atoms with Crippen LogP contribution in [0.4, 0.5) is 0 Å². The molecule has 1 aromatic rings. The highest BCUT2D eigenvalue weighted by atomic mass is 28.4. The van der Waals surface area contributed by atoms with Gasteiger partial charge in [0.1, 0.15) is 0 Å². The number of hydrogen-bond donors (Lipinski definition) is 1. The highest BCUT2D eigenvalue weighted by Crippen LogP contribution is 2.18. The Bertz CT molecular complexity index is 374. The van der Waals surface area contributed by atoms with Crippen LogP contribution in [0, 0.1) is 0 Å². The summed E-state index contributed by atoms with van der Waals surface area (Å²) in [6.07, 6.45) is -0.0746. The average Bonchev–Trinajstić information content (AvgIpc) is 2.59. The van der Waals surface area contributed by atoms with E-state index in [-0.39, 0.29) is 6.23 Å². The van der Waals surface area contributed by atoms with Crippen LogP contribution in [0.3, 0.4) is 0 Å². The Morgan fingerprint density at radius 1 is 0.727 bits per heavy atom. The fourth-order valence-electron chi connectivity index (χ4n) is 2.22. The molecule has 0 radical (unpaired) electrons. The minimum absolute atomic E-state index is 0.0746. The fraction of sp³-hybridized carbons (Fsp3) is 0.571. The van der Waals surface area contributed by atoms with Crippen LogP contribution in [0.5, 0.6) is 0 Å². The maximum Gasteiger partial charge on any atom is 0.504 e. The molecule has 0 amide bonds. The summed E-state index contributed by atoms with van der Waals surface area (Å²) in [5.74, 6) is 0. The predicted octanol–water partition coefficient (Wildman–Crippen LogP) is 0.995. The maximum atomic E-state index is 9.51. The molecule has 0 aliphatic heterocycles. The molecule has 0 atom stereocenters. The van der Waals surface area contributed by atoms with Crippen molar-refractivity contribution < 1.29 is 27.2 Å². The molecule has 0 aromatic heterocycles. The van der Waals surface area contributed by atoms with E-state index in [0.717, 1.165) is 11.1 Å². The number of benzene rings is 1. The van der Waals surface area contributed by atoms with Crippen LogP contribution in [-0.2, 0) is 34.2 Å². The highest BCUT2D eigenvalue weighted by Gasteiger charge is 2.38. The molecular formula is C14H26O6Si2. The number of aliphatic hydroxyl groups is 1. The second kappa shape index (κ2) is 8.89. The highest BCUT2D eigenvalue weighted by molar-refractivity contribution is 6.66. The van der Waals surface area contributed by atoms with Crippen LogP contribution in [0.1, 0.15) is 11.1 Å². The van der Waals surface area contributed by atoms with E-state index in [1.807, 2.05) is 24.3 Å². The van der Waals surface area contributed by atoms with Crippen molar-refractivity contribution in [3.63, 3.8) is 0 Å². The lowest BCUT2D eigenvalue weighted by Crippen LogP contribution is -2.47. The van der Waals surface area contributed by atoms with Gasteiger partial charge in [-0.05, 0) is 11.1 Å². The molecule has 1 N–H and O–H groups in total. The summed E-state index contributed by atoms with van der Waals surface area (Å²) in [6.45, 7) is 0. The Balaban J connectivity index is 2.82. The number of hydrogen-bond acceptors (Lipinski definition) is 6. The van der Waals surface area contributed by atoms with Crippen LogP contribution >= 0.6 is 0 Å². The molecular weight excluding hydrogens is 320 g/mol. The molecule has 0 saturated heterocycles. The second-order valence-electron chi connectivity index (χ2n) is 4.94. The van der Waals surface area contributed by atoms with Gasteiger partial charge in [0.05, 0.1) is 6.23 Å². The molecule has 0 fully saturated rings. The van der Waals surface area contributed by atoms with Gasteiger partial charge >= 0.3 is 17.4 Å². The minimum Gasteiger partial charge on any atom is -0.396 e. The van der Waals surface area contributed by atoms with E-state index < -0.39 is 17.4 Å². The summed E-state index contributed by atoms with van der Waals surface area (Å²) in [7, 11) is 2.79. The zero-order valence-electron chi connectivity index (χ0n) is 13.9. The minimum atomic E-state index is -2.62. The van der Waals surface area contributed by atoms with Crippen molar-refractivity contribution in [3.8, 4) is 0 Å². The summed E-state index contributed by atoms with van der Waals surface area (Å²) in [5.41, 5.74) is 2.14. The summed E-state index contributed by atoms with van der Waals surface area (Å²) in [5, 5.41) is 9.51. The summed E-state index contributed by atoms with van der Waals surface area (Å²) >= 11 is 0. The lowest BCUT2D eigenvalue weighted by molar-refractivity contribution is 0.122. The van der Waals surface area contributed by atoms with Crippen LogP contribution in [0.2, 0.25) is 0 Å². The molecule has 1 rings (SSSR count).